The second-order valence-corrected chi connectivity index (χ2v) is 6.25. The number of methoxy groups -OCH3 is 1. The molecule has 0 radical (unpaired) electrons. The lowest BCUT2D eigenvalue weighted by molar-refractivity contribution is -0.138. The highest BCUT2D eigenvalue weighted by Crippen LogP contribution is 2.24. The molecule has 158 valence electrons. The molecule has 0 aliphatic rings. The van der Waals surface area contributed by atoms with Gasteiger partial charge in [-0.05, 0) is 25.6 Å². The standard InChI is InChI=1S/C15H15NO12S/c1-6-9(27-13(20)25-6)4-24-15(22)29-5-8(11(17)18)16(12(19)23-3)10-7(2)26-14(21)28-10/h8H,4-5H2,1-3H3,(H,17,18)/t8-/m0/s1. The molecule has 0 saturated carbocycles. The summed E-state index contributed by atoms with van der Waals surface area (Å²) in [5, 5.41) is 8.56. The summed E-state index contributed by atoms with van der Waals surface area (Å²) in [6.45, 7) is 2.28. The highest BCUT2D eigenvalue weighted by molar-refractivity contribution is 8.13. The maximum absolute atomic E-state index is 12.1. The van der Waals surface area contributed by atoms with Crippen molar-refractivity contribution in [2.45, 2.75) is 26.5 Å². The molecule has 2 rings (SSSR count). The van der Waals surface area contributed by atoms with Gasteiger partial charge in [0.05, 0.1) is 7.11 Å². The Kier molecular flexibility index (Phi) is 6.93. The van der Waals surface area contributed by atoms with Crippen LogP contribution in [0.2, 0.25) is 0 Å². The van der Waals surface area contributed by atoms with Gasteiger partial charge in [-0.1, -0.05) is 0 Å². The van der Waals surface area contributed by atoms with Crippen molar-refractivity contribution in [3.05, 3.63) is 38.5 Å². The minimum atomic E-state index is -1.67. The molecule has 2 heterocycles. The maximum Gasteiger partial charge on any atom is 0.520 e. The number of amides is 1. The summed E-state index contributed by atoms with van der Waals surface area (Å²) in [6.07, 6.45) is -1.16. The van der Waals surface area contributed by atoms with Gasteiger partial charge in [0.15, 0.2) is 29.9 Å². The number of carboxylic acids is 1. The van der Waals surface area contributed by atoms with Crippen molar-refractivity contribution in [3.63, 3.8) is 0 Å². The van der Waals surface area contributed by atoms with Crippen LogP contribution in [0.5, 0.6) is 0 Å². The van der Waals surface area contributed by atoms with Gasteiger partial charge in [0.1, 0.15) is 0 Å². The van der Waals surface area contributed by atoms with Crippen molar-refractivity contribution in [1.82, 2.24) is 0 Å². The highest BCUT2D eigenvalue weighted by atomic mass is 32.2. The molecule has 0 fully saturated rings. The fourth-order valence-corrected chi connectivity index (χ4v) is 2.81. The van der Waals surface area contributed by atoms with Crippen LogP contribution in [0.3, 0.4) is 0 Å². The van der Waals surface area contributed by atoms with Crippen LogP contribution in [0.4, 0.5) is 15.5 Å². The van der Waals surface area contributed by atoms with Crippen LogP contribution >= 0.6 is 11.8 Å². The molecular weight excluding hydrogens is 418 g/mol. The predicted octanol–water partition coefficient (Wildman–Crippen LogP) is 1.49. The van der Waals surface area contributed by atoms with Gasteiger partial charge in [0.2, 0.25) is 0 Å². The molecule has 13 nitrogen and oxygen atoms in total. The van der Waals surface area contributed by atoms with Gasteiger partial charge in [-0.3, -0.25) is 0 Å². The van der Waals surface area contributed by atoms with E-state index in [1.165, 1.54) is 13.8 Å². The zero-order valence-electron chi connectivity index (χ0n) is 15.3. The summed E-state index contributed by atoms with van der Waals surface area (Å²) in [5.41, 5.74) is 0. The van der Waals surface area contributed by atoms with Crippen LogP contribution in [0, 0.1) is 13.8 Å². The number of aliphatic carboxylic acids is 1. The Balaban J connectivity index is 2.11. The molecule has 2 aromatic rings. The fourth-order valence-electron chi connectivity index (χ4n) is 2.08. The number of carbonyl (C=O) groups excluding carboxylic acids is 2. The van der Waals surface area contributed by atoms with Crippen LogP contribution in [0.25, 0.3) is 0 Å². The van der Waals surface area contributed by atoms with E-state index in [-0.39, 0.29) is 17.3 Å². The smallest absolute Gasteiger partial charge is 0.480 e. The van der Waals surface area contributed by atoms with Gasteiger partial charge < -0.3 is 32.2 Å². The summed E-state index contributed by atoms with van der Waals surface area (Å²) < 4.78 is 28.0. The zero-order valence-corrected chi connectivity index (χ0v) is 16.1. The van der Waals surface area contributed by atoms with Crippen LogP contribution in [0.1, 0.15) is 17.3 Å². The molecule has 1 amide bonds. The number of aryl methyl sites for hydroxylation is 2. The van der Waals surface area contributed by atoms with Crippen LogP contribution in [0.15, 0.2) is 27.3 Å². The second-order valence-electron chi connectivity index (χ2n) is 5.29. The molecule has 1 N–H and O–H groups in total. The quantitative estimate of drug-likeness (QED) is 0.621. The van der Waals surface area contributed by atoms with E-state index in [2.05, 4.69) is 18.0 Å². The molecule has 2 aromatic heterocycles. The summed E-state index contributed by atoms with van der Waals surface area (Å²) in [7, 11) is 0.990. The third-order valence-electron chi connectivity index (χ3n) is 3.42. The normalized spacial score (nSPS) is 11.7. The molecule has 0 saturated heterocycles. The minimum absolute atomic E-state index is 0.00859. The van der Waals surface area contributed by atoms with E-state index in [0.717, 1.165) is 7.11 Å². The van der Waals surface area contributed by atoms with Crippen LogP contribution in [-0.2, 0) is 20.9 Å². The molecule has 29 heavy (non-hydrogen) atoms. The van der Waals surface area contributed by atoms with Crippen molar-refractivity contribution in [2.24, 2.45) is 0 Å². The lowest BCUT2D eigenvalue weighted by Crippen LogP contribution is -2.47. The van der Waals surface area contributed by atoms with Gasteiger partial charge in [-0.15, -0.1) is 0 Å². The van der Waals surface area contributed by atoms with Gasteiger partial charge in [0, 0.05) is 5.75 Å². The maximum atomic E-state index is 12.1. The van der Waals surface area contributed by atoms with E-state index < -0.39 is 53.3 Å². The molecule has 0 spiro atoms. The van der Waals surface area contributed by atoms with E-state index in [1.807, 2.05) is 0 Å². The Morgan fingerprint density at radius 1 is 1.07 bits per heavy atom. The van der Waals surface area contributed by atoms with E-state index >= 15 is 0 Å². The fraction of sp³-hybridized carbons (Fsp3) is 0.400. The summed E-state index contributed by atoms with van der Waals surface area (Å²) in [5.74, 6) is -4.65. The molecule has 14 heteroatoms. The summed E-state index contributed by atoms with van der Waals surface area (Å²) in [6, 6.07) is -1.67. The van der Waals surface area contributed by atoms with Crippen LogP contribution < -0.4 is 16.5 Å². The third-order valence-corrected chi connectivity index (χ3v) is 4.26. The van der Waals surface area contributed by atoms with Crippen molar-refractivity contribution in [2.75, 3.05) is 17.8 Å². The average molecular weight is 433 g/mol. The van der Waals surface area contributed by atoms with Crippen molar-refractivity contribution in [1.29, 1.82) is 0 Å². The van der Waals surface area contributed by atoms with Crippen LogP contribution in [-0.4, -0.2) is 41.4 Å². The highest BCUT2D eigenvalue weighted by Gasteiger charge is 2.37. The van der Waals surface area contributed by atoms with E-state index in [9.17, 15) is 29.1 Å². The first-order chi connectivity index (χ1) is 13.6. The molecule has 1 atom stereocenters. The molecular formula is C15H15NO12S. The van der Waals surface area contributed by atoms with Gasteiger partial charge >= 0.3 is 29.0 Å². The first-order valence-electron chi connectivity index (χ1n) is 7.73. The number of hydrogen-bond donors (Lipinski definition) is 1. The van der Waals surface area contributed by atoms with Gasteiger partial charge in [0.25, 0.3) is 5.88 Å². The topological polar surface area (TPSA) is 180 Å². The SMILES string of the molecule is COC(=O)N(c1oc(=O)oc1C)[C@@H](CSC(=O)OCc1oc(=O)oc1C)C(=O)O. The summed E-state index contributed by atoms with van der Waals surface area (Å²) >= 11 is 0.416. The number of nitrogens with zero attached hydrogens (tertiary/aromatic N) is 1. The van der Waals surface area contributed by atoms with Crippen molar-refractivity contribution < 1.29 is 46.6 Å². The second kappa shape index (κ2) is 9.18. The first kappa shape index (κ1) is 21.9. The lowest BCUT2D eigenvalue weighted by atomic mass is 10.3. The number of hydrogen-bond acceptors (Lipinski definition) is 12. The van der Waals surface area contributed by atoms with Crippen molar-refractivity contribution in [3.8, 4) is 0 Å². The molecule has 0 bridgehead atoms. The number of carboxylic acid groups (broad SMARTS) is 1. The first-order valence-corrected chi connectivity index (χ1v) is 8.72. The molecule has 0 aromatic carbocycles. The van der Waals surface area contributed by atoms with E-state index in [0.29, 0.717) is 16.7 Å². The summed E-state index contributed by atoms with van der Waals surface area (Å²) in [4.78, 5) is 58.4. The van der Waals surface area contributed by atoms with Gasteiger partial charge in [-0.25, -0.2) is 28.9 Å². The van der Waals surface area contributed by atoms with E-state index in [4.69, 9.17) is 9.15 Å². The number of thioether (sulfide) groups is 1. The lowest BCUT2D eigenvalue weighted by Gasteiger charge is -2.24. The zero-order chi connectivity index (χ0) is 21.7. The Morgan fingerprint density at radius 3 is 2.17 bits per heavy atom. The Bertz CT molecular complexity index is 1010. The minimum Gasteiger partial charge on any atom is -0.480 e. The van der Waals surface area contributed by atoms with Crippen molar-refractivity contribution >= 4 is 35.0 Å². The Morgan fingerprint density at radius 2 is 1.69 bits per heavy atom. The molecule has 0 aliphatic carbocycles. The largest absolute Gasteiger partial charge is 0.520 e. The third kappa shape index (κ3) is 5.31. The van der Waals surface area contributed by atoms with Gasteiger partial charge in [-0.2, -0.15) is 0 Å². The number of rotatable bonds is 7. The number of ether oxygens (including phenoxy) is 2. The monoisotopic (exact) mass is 433 g/mol. The Labute approximate surface area is 165 Å². The predicted molar refractivity (Wildman–Crippen MR) is 92.9 cm³/mol. The molecule has 0 aliphatic heterocycles. The molecule has 0 unspecified atom stereocenters. The number of carbonyl (C=O) groups is 3. The number of anilines is 1. The Hall–Kier alpha value is -3.42. The van der Waals surface area contributed by atoms with E-state index in [1.54, 1.807) is 0 Å². The average Bonchev–Trinajstić information content (AvgIpc) is 3.15.